The number of hydrogen-bond donors (Lipinski definition) is 3. The summed E-state index contributed by atoms with van der Waals surface area (Å²) in [7, 11) is 1.54. The molecule has 0 spiro atoms. The van der Waals surface area contributed by atoms with Crippen molar-refractivity contribution in [3.05, 3.63) is 24.3 Å². The van der Waals surface area contributed by atoms with E-state index in [0.29, 0.717) is 24.3 Å². The highest BCUT2D eigenvalue weighted by molar-refractivity contribution is 5.98. The van der Waals surface area contributed by atoms with E-state index in [1.54, 1.807) is 36.2 Å². The molecule has 1 aliphatic heterocycles. The fourth-order valence-corrected chi connectivity index (χ4v) is 3.97. The molecule has 1 aromatic carbocycles. The number of carbonyl (C=O) groups excluding carboxylic acids is 3. The second-order valence-electron chi connectivity index (χ2n) is 7.30. The van der Waals surface area contributed by atoms with E-state index < -0.39 is 6.04 Å². The van der Waals surface area contributed by atoms with Gasteiger partial charge in [0.15, 0.2) is 0 Å². The van der Waals surface area contributed by atoms with E-state index in [1.807, 2.05) is 0 Å². The van der Waals surface area contributed by atoms with Gasteiger partial charge in [-0.05, 0) is 50.3 Å². The SMILES string of the molecule is CNC(=O)Nc1cccc(NC(=O)C2CCCCN2C(=O)C2CCCC2)c1. The van der Waals surface area contributed by atoms with Crippen LogP contribution >= 0.6 is 0 Å². The van der Waals surface area contributed by atoms with Crippen molar-refractivity contribution in [1.82, 2.24) is 10.2 Å². The lowest BCUT2D eigenvalue weighted by Crippen LogP contribution is -2.51. The molecule has 7 nitrogen and oxygen atoms in total. The third-order valence-corrected chi connectivity index (χ3v) is 5.41. The van der Waals surface area contributed by atoms with E-state index >= 15 is 0 Å². The van der Waals surface area contributed by atoms with Crippen LogP contribution in [-0.2, 0) is 9.59 Å². The Kier molecular flexibility index (Phi) is 6.32. The molecule has 3 N–H and O–H groups in total. The predicted octanol–water partition coefficient (Wildman–Crippen LogP) is 2.95. The lowest BCUT2D eigenvalue weighted by Gasteiger charge is -2.36. The molecule has 3 rings (SSSR count). The number of rotatable bonds is 4. The maximum absolute atomic E-state index is 12.9. The number of benzene rings is 1. The number of hydrogen-bond acceptors (Lipinski definition) is 3. The van der Waals surface area contributed by atoms with Gasteiger partial charge in [0.05, 0.1) is 0 Å². The van der Waals surface area contributed by atoms with Crippen LogP contribution in [0.2, 0.25) is 0 Å². The lowest BCUT2D eigenvalue weighted by atomic mass is 9.97. The molecule has 27 heavy (non-hydrogen) atoms. The van der Waals surface area contributed by atoms with Crippen molar-refractivity contribution in [2.24, 2.45) is 5.92 Å². The second kappa shape index (κ2) is 8.88. The first-order valence-corrected chi connectivity index (χ1v) is 9.78. The maximum atomic E-state index is 12.9. The molecule has 0 radical (unpaired) electrons. The normalized spacial score (nSPS) is 20.2. The van der Waals surface area contributed by atoms with E-state index in [-0.39, 0.29) is 23.8 Å². The Bertz CT molecular complexity index is 700. The van der Waals surface area contributed by atoms with Crippen molar-refractivity contribution in [2.75, 3.05) is 24.2 Å². The molecule has 2 fully saturated rings. The number of piperidine rings is 1. The molecule has 1 aliphatic carbocycles. The number of amides is 4. The van der Waals surface area contributed by atoms with Crippen LogP contribution in [0.5, 0.6) is 0 Å². The van der Waals surface area contributed by atoms with Gasteiger partial charge in [0.1, 0.15) is 6.04 Å². The zero-order valence-electron chi connectivity index (χ0n) is 15.8. The summed E-state index contributed by atoms with van der Waals surface area (Å²) in [5.74, 6) is 0.0685. The fourth-order valence-electron chi connectivity index (χ4n) is 3.97. The Morgan fingerprint density at radius 3 is 2.33 bits per heavy atom. The Morgan fingerprint density at radius 1 is 0.963 bits per heavy atom. The van der Waals surface area contributed by atoms with Crippen LogP contribution in [0.4, 0.5) is 16.2 Å². The van der Waals surface area contributed by atoms with Crippen molar-refractivity contribution in [3.63, 3.8) is 0 Å². The van der Waals surface area contributed by atoms with Gasteiger partial charge in [0.2, 0.25) is 11.8 Å². The van der Waals surface area contributed by atoms with Crippen molar-refractivity contribution in [2.45, 2.75) is 51.0 Å². The third-order valence-electron chi connectivity index (χ3n) is 5.41. The summed E-state index contributed by atoms with van der Waals surface area (Å²) in [4.78, 5) is 39.0. The van der Waals surface area contributed by atoms with E-state index in [9.17, 15) is 14.4 Å². The molecular weight excluding hydrogens is 344 g/mol. The van der Waals surface area contributed by atoms with Crippen LogP contribution in [0.3, 0.4) is 0 Å². The van der Waals surface area contributed by atoms with Crippen LogP contribution in [0.25, 0.3) is 0 Å². The van der Waals surface area contributed by atoms with Crippen LogP contribution in [-0.4, -0.2) is 42.4 Å². The maximum Gasteiger partial charge on any atom is 0.318 e. The highest BCUT2D eigenvalue weighted by Crippen LogP contribution is 2.29. The summed E-state index contributed by atoms with van der Waals surface area (Å²) in [5.41, 5.74) is 1.20. The van der Waals surface area contributed by atoms with Gasteiger partial charge in [0, 0.05) is 30.9 Å². The zero-order valence-corrected chi connectivity index (χ0v) is 15.8. The van der Waals surface area contributed by atoms with Gasteiger partial charge < -0.3 is 20.9 Å². The van der Waals surface area contributed by atoms with Crippen molar-refractivity contribution < 1.29 is 14.4 Å². The van der Waals surface area contributed by atoms with Crippen LogP contribution in [0.15, 0.2) is 24.3 Å². The van der Waals surface area contributed by atoms with Gasteiger partial charge in [-0.25, -0.2) is 4.79 Å². The molecule has 4 amide bonds. The molecule has 1 atom stereocenters. The van der Waals surface area contributed by atoms with Crippen molar-refractivity contribution in [1.29, 1.82) is 0 Å². The molecule has 1 heterocycles. The number of anilines is 2. The fraction of sp³-hybridized carbons (Fsp3) is 0.550. The quantitative estimate of drug-likeness (QED) is 0.759. The van der Waals surface area contributed by atoms with Gasteiger partial charge in [-0.1, -0.05) is 18.9 Å². The van der Waals surface area contributed by atoms with Gasteiger partial charge in [-0.3, -0.25) is 9.59 Å². The molecule has 0 bridgehead atoms. The minimum Gasteiger partial charge on any atom is -0.341 e. The summed E-state index contributed by atoms with van der Waals surface area (Å²) >= 11 is 0. The average Bonchev–Trinajstić information content (AvgIpc) is 3.22. The lowest BCUT2D eigenvalue weighted by molar-refractivity contribution is -0.143. The molecule has 0 aromatic heterocycles. The molecule has 1 saturated heterocycles. The first-order valence-electron chi connectivity index (χ1n) is 9.78. The zero-order chi connectivity index (χ0) is 19.2. The monoisotopic (exact) mass is 372 g/mol. The van der Waals surface area contributed by atoms with E-state index in [4.69, 9.17) is 0 Å². The van der Waals surface area contributed by atoms with E-state index in [0.717, 1.165) is 38.5 Å². The number of carbonyl (C=O) groups is 3. The second-order valence-corrected chi connectivity index (χ2v) is 7.30. The summed E-state index contributed by atoms with van der Waals surface area (Å²) in [6, 6.07) is 6.27. The topological polar surface area (TPSA) is 90.5 Å². The molecule has 1 unspecified atom stereocenters. The van der Waals surface area contributed by atoms with Gasteiger partial charge in [0.25, 0.3) is 0 Å². The highest BCUT2D eigenvalue weighted by Gasteiger charge is 2.36. The first-order chi connectivity index (χ1) is 13.1. The van der Waals surface area contributed by atoms with Crippen molar-refractivity contribution in [3.8, 4) is 0 Å². The van der Waals surface area contributed by atoms with Crippen LogP contribution in [0, 0.1) is 5.92 Å². The van der Waals surface area contributed by atoms with Crippen molar-refractivity contribution >= 4 is 29.2 Å². The predicted molar refractivity (Wildman–Crippen MR) is 104 cm³/mol. The molecule has 1 saturated carbocycles. The van der Waals surface area contributed by atoms with Crippen LogP contribution in [0.1, 0.15) is 44.9 Å². The van der Waals surface area contributed by atoms with Gasteiger partial charge in [-0.2, -0.15) is 0 Å². The molecule has 1 aromatic rings. The molecular formula is C20H28N4O3. The number of nitrogens with zero attached hydrogens (tertiary/aromatic N) is 1. The average molecular weight is 372 g/mol. The number of likely N-dealkylation sites (tertiary alicyclic amines) is 1. The summed E-state index contributed by atoms with van der Waals surface area (Å²) in [5, 5.41) is 8.09. The number of nitrogens with one attached hydrogen (secondary N) is 3. The minimum absolute atomic E-state index is 0.0819. The molecule has 7 heteroatoms. The smallest absolute Gasteiger partial charge is 0.318 e. The largest absolute Gasteiger partial charge is 0.341 e. The van der Waals surface area contributed by atoms with Gasteiger partial charge in [-0.15, -0.1) is 0 Å². The Hall–Kier alpha value is -2.57. The van der Waals surface area contributed by atoms with Gasteiger partial charge >= 0.3 is 6.03 Å². The Balaban J connectivity index is 1.67. The first kappa shape index (κ1) is 19.2. The molecule has 146 valence electrons. The summed E-state index contributed by atoms with van der Waals surface area (Å²) in [6.07, 6.45) is 6.69. The highest BCUT2D eigenvalue weighted by atomic mass is 16.2. The third kappa shape index (κ3) is 4.78. The van der Waals surface area contributed by atoms with E-state index in [2.05, 4.69) is 16.0 Å². The summed E-state index contributed by atoms with van der Waals surface area (Å²) < 4.78 is 0. The molecule has 2 aliphatic rings. The number of urea groups is 1. The minimum atomic E-state index is -0.414. The standard InChI is InChI=1S/C20H28N4O3/c1-21-20(27)23-16-10-6-9-15(13-16)22-18(25)17-11-4-5-12-24(17)19(26)14-7-2-3-8-14/h6,9-10,13-14,17H,2-5,7-8,11-12H2,1H3,(H,22,25)(H2,21,23,27). The Labute approximate surface area is 159 Å². The van der Waals surface area contributed by atoms with Crippen LogP contribution < -0.4 is 16.0 Å². The summed E-state index contributed by atoms with van der Waals surface area (Å²) in [6.45, 7) is 0.658. The van der Waals surface area contributed by atoms with E-state index in [1.165, 1.54) is 0 Å². The Morgan fingerprint density at radius 2 is 1.63 bits per heavy atom.